The Kier molecular flexibility index (Phi) is 7.56. The Morgan fingerprint density at radius 1 is 0.735 bits per heavy atom. The van der Waals surface area contributed by atoms with Crippen molar-refractivity contribution in [2.45, 2.75) is 0 Å². The molecule has 0 aliphatic carbocycles. The molecule has 0 saturated heterocycles. The molecule has 0 aliphatic rings. The van der Waals surface area contributed by atoms with Gasteiger partial charge in [0.05, 0.1) is 24.9 Å². The second kappa shape index (κ2) is 11.4. The number of methoxy groups -OCH3 is 1. The summed E-state index contributed by atoms with van der Waals surface area (Å²) in [5, 5.41) is 3.44. The predicted octanol–water partition coefficient (Wildman–Crippen LogP) is 6.09. The predicted molar refractivity (Wildman–Crippen MR) is 138 cm³/mol. The van der Waals surface area contributed by atoms with Crippen molar-refractivity contribution >= 4 is 17.1 Å². The highest BCUT2D eigenvalue weighted by Crippen LogP contribution is 2.28. The molecule has 0 spiro atoms. The first-order valence-electron chi connectivity index (χ1n) is 11.1. The van der Waals surface area contributed by atoms with Crippen LogP contribution in [0.4, 0.5) is 0 Å². The van der Waals surface area contributed by atoms with E-state index in [0.29, 0.717) is 17.7 Å². The Labute approximate surface area is 200 Å². The zero-order valence-electron chi connectivity index (χ0n) is 19.0. The highest BCUT2D eigenvalue weighted by Gasteiger charge is 2.20. The minimum absolute atomic E-state index is 0.0427. The summed E-state index contributed by atoms with van der Waals surface area (Å²) in [6.45, 7) is 0.375. The summed E-state index contributed by atoms with van der Waals surface area (Å²) >= 11 is 0. The summed E-state index contributed by atoms with van der Waals surface area (Å²) in [5.74, 6) is 7.07. The van der Waals surface area contributed by atoms with Crippen LogP contribution in [0.1, 0.15) is 27.0 Å². The van der Waals surface area contributed by atoms with Gasteiger partial charge in [-0.15, -0.1) is 0 Å². The second-order valence-corrected chi connectivity index (χ2v) is 7.56. The maximum Gasteiger partial charge on any atom is 0.195 e. The van der Waals surface area contributed by atoms with E-state index in [1.54, 1.807) is 7.11 Å². The van der Waals surface area contributed by atoms with Gasteiger partial charge in [0.15, 0.2) is 5.78 Å². The number of hydrogen-bond acceptors (Lipinski definition) is 3. The highest BCUT2D eigenvalue weighted by atomic mass is 16.5. The number of hydrogen-bond donors (Lipinski definition) is 1. The third kappa shape index (κ3) is 5.62. The van der Waals surface area contributed by atoms with Crippen LogP contribution < -0.4 is 10.1 Å². The Morgan fingerprint density at radius 2 is 1.32 bits per heavy atom. The summed E-state index contributed by atoms with van der Waals surface area (Å²) in [5.41, 5.74) is 4.65. The molecule has 4 aromatic carbocycles. The topological polar surface area (TPSA) is 38.3 Å². The van der Waals surface area contributed by atoms with Crippen molar-refractivity contribution in [2.24, 2.45) is 0 Å². The van der Waals surface area contributed by atoms with Crippen molar-refractivity contribution in [3.63, 3.8) is 0 Å². The summed E-state index contributed by atoms with van der Waals surface area (Å²) in [7, 11) is 1.64. The van der Waals surface area contributed by atoms with Crippen LogP contribution in [-0.4, -0.2) is 19.4 Å². The Morgan fingerprint density at radius 3 is 1.94 bits per heavy atom. The minimum atomic E-state index is -0.0427. The van der Waals surface area contributed by atoms with Gasteiger partial charge in [-0.3, -0.25) is 4.79 Å². The van der Waals surface area contributed by atoms with Gasteiger partial charge in [0.1, 0.15) is 5.75 Å². The maximum atomic E-state index is 13.7. The third-order valence-electron chi connectivity index (χ3n) is 5.29. The molecule has 0 unspecified atom stereocenters. The highest BCUT2D eigenvalue weighted by molar-refractivity contribution is 6.34. The van der Waals surface area contributed by atoms with Crippen molar-refractivity contribution in [3.8, 4) is 17.6 Å². The monoisotopic (exact) mass is 443 g/mol. The van der Waals surface area contributed by atoms with Crippen LogP contribution in [0.15, 0.2) is 115 Å². The molecule has 0 amide bonds. The van der Waals surface area contributed by atoms with Gasteiger partial charge < -0.3 is 10.1 Å². The quantitative estimate of drug-likeness (QED) is 0.163. The van der Waals surface area contributed by atoms with E-state index in [9.17, 15) is 4.79 Å². The van der Waals surface area contributed by atoms with Crippen LogP contribution >= 0.6 is 0 Å². The van der Waals surface area contributed by atoms with E-state index in [0.717, 1.165) is 28.1 Å². The van der Waals surface area contributed by atoms with Crippen LogP contribution in [0.25, 0.3) is 11.3 Å². The van der Waals surface area contributed by atoms with E-state index >= 15 is 0 Å². The van der Waals surface area contributed by atoms with Crippen LogP contribution in [0.5, 0.6) is 5.75 Å². The van der Waals surface area contributed by atoms with Crippen molar-refractivity contribution in [3.05, 3.63) is 138 Å². The molecule has 4 aromatic rings. The first-order chi connectivity index (χ1) is 16.8. The van der Waals surface area contributed by atoms with Gasteiger partial charge in [0.2, 0.25) is 0 Å². The van der Waals surface area contributed by atoms with Gasteiger partial charge in [0, 0.05) is 11.1 Å². The van der Waals surface area contributed by atoms with E-state index in [2.05, 4.69) is 17.2 Å². The summed E-state index contributed by atoms with van der Waals surface area (Å²) in [4.78, 5) is 13.7. The molecule has 0 aromatic heterocycles. The smallest absolute Gasteiger partial charge is 0.195 e. The molecule has 166 valence electrons. The average Bonchev–Trinajstić information content (AvgIpc) is 2.91. The average molecular weight is 444 g/mol. The molecule has 0 saturated carbocycles. The van der Waals surface area contributed by atoms with Gasteiger partial charge in [-0.2, -0.15) is 0 Å². The van der Waals surface area contributed by atoms with E-state index in [4.69, 9.17) is 4.74 Å². The SMILES string of the molecule is COc1cccc(C#CCN/C(=C(\C(=O)c2ccccc2)c2ccccc2)c2ccccc2)c1. The van der Waals surface area contributed by atoms with E-state index in [1.165, 1.54) is 0 Å². The standard InChI is InChI=1S/C31H25NO2/c1-34-28-21-11-13-24(23-28)14-12-22-32-30(26-17-7-3-8-18-26)29(25-15-5-2-6-16-25)31(33)27-19-9-4-10-20-27/h2-11,13,15-21,23,32H,22H2,1H3/b30-29-. The van der Waals surface area contributed by atoms with Crippen LogP contribution in [-0.2, 0) is 0 Å². The number of ether oxygens (including phenoxy) is 1. The fraction of sp³-hybridized carbons (Fsp3) is 0.0645. The van der Waals surface area contributed by atoms with E-state index in [1.807, 2.05) is 115 Å². The van der Waals surface area contributed by atoms with Crippen LogP contribution in [0.3, 0.4) is 0 Å². The number of carbonyl (C=O) groups is 1. The molecule has 34 heavy (non-hydrogen) atoms. The normalized spacial score (nSPS) is 11.0. The minimum Gasteiger partial charge on any atom is -0.497 e. The maximum absolute atomic E-state index is 13.7. The Hall–Kier alpha value is -4.55. The van der Waals surface area contributed by atoms with Gasteiger partial charge in [-0.25, -0.2) is 0 Å². The number of rotatable bonds is 7. The molecule has 4 rings (SSSR count). The molecule has 0 radical (unpaired) electrons. The molecule has 0 heterocycles. The molecule has 0 bridgehead atoms. The molecule has 1 N–H and O–H groups in total. The van der Waals surface area contributed by atoms with Gasteiger partial charge >= 0.3 is 0 Å². The van der Waals surface area contributed by atoms with Gasteiger partial charge in [-0.05, 0) is 29.3 Å². The largest absolute Gasteiger partial charge is 0.497 e. The fourth-order valence-corrected chi connectivity index (χ4v) is 3.65. The molecule has 0 atom stereocenters. The fourth-order valence-electron chi connectivity index (χ4n) is 3.65. The lowest BCUT2D eigenvalue weighted by atomic mass is 9.92. The molecular formula is C31H25NO2. The summed E-state index contributed by atoms with van der Waals surface area (Å²) in [6, 6.07) is 36.7. The van der Waals surface area contributed by atoms with Crippen molar-refractivity contribution in [2.75, 3.05) is 13.7 Å². The van der Waals surface area contributed by atoms with Crippen LogP contribution in [0.2, 0.25) is 0 Å². The first-order valence-corrected chi connectivity index (χ1v) is 11.1. The second-order valence-electron chi connectivity index (χ2n) is 7.56. The summed E-state index contributed by atoms with van der Waals surface area (Å²) in [6.07, 6.45) is 0. The Bertz CT molecular complexity index is 1330. The number of Topliss-reactive ketones (excluding diaryl/α,β-unsaturated/α-hetero) is 1. The molecular weight excluding hydrogens is 418 g/mol. The van der Waals surface area contributed by atoms with Gasteiger partial charge in [-0.1, -0.05) is 109 Å². The zero-order valence-corrected chi connectivity index (χ0v) is 19.0. The number of benzene rings is 4. The summed E-state index contributed by atoms with van der Waals surface area (Å²) < 4.78 is 5.28. The molecule has 3 nitrogen and oxygen atoms in total. The molecule has 3 heteroatoms. The number of carbonyl (C=O) groups excluding carboxylic acids is 1. The zero-order chi connectivity index (χ0) is 23.6. The van der Waals surface area contributed by atoms with Crippen molar-refractivity contribution < 1.29 is 9.53 Å². The number of allylic oxidation sites excluding steroid dienone is 1. The number of nitrogens with one attached hydrogen (secondary N) is 1. The van der Waals surface area contributed by atoms with Crippen molar-refractivity contribution in [1.29, 1.82) is 0 Å². The number of ketones is 1. The lowest BCUT2D eigenvalue weighted by molar-refractivity contribution is 0.105. The lowest BCUT2D eigenvalue weighted by Gasteiger charge is -2.17. The van der Waals surface area contributed by atoms with Crippen LogP contribution in [0, 0.1) is 11.8 Å². The third-order valence-corrected chi connectivity index (χ3v) is 5.29. The molecule has 0 fully saturated rings. The Balaban J connectivity index is 1.76. The first kappa shape index (κ1) is 22.6. The lowest BCUT2D eigenvalue weighted by Crippen LogP contribution is -2.18. The van der Waals surface area contributed by atoms with Crippen molar-refractivity contribution in [1.82, 2.24) is 5.32 Å². The molecule has 0 aliphatic heterocycles. The van der Waals surface area contributed by atoms with E-state index < -0.39 is 0 Å². The van der Waals surface area contributed by atoms with E-state index in [-0.39, 0.29) is 5.78 Å². The van der Waals surface area contributed by atoms with Gasteiger partial charge in [0.25, 0.3) is 0 Å².